The molecule has 0 bridgehead atoms. The fourth-order valence-electron chi connectivity index (χ4n) is 3.42. The number of carbonyl (C=O) groups excluding carboxylic acids is 1. The lowest BCUT2D eigenvalue weighted by Gasteiger charge is -2.24. The third-order valence-corrected chi connectivity index (χ3v) is 8.80. The van der Waals surface area contributed by atoms with Crippen LogP contribution in [0.4, 0.5) is 5.69 Å². The number of carbonyl (C=O) groups is 1. The Hall–Kier alpha value is -1.35. The van der Waals surface area contributed by atoms with Gasteiger partial charge in [0.1, 0.15) is 0 Å². The minimum absolute atomic E-state index is 0.0679. The Morgan fingerprint density at radius 3 is 2.61 bits per heavy atom. The lowest BCUT2D eigenvalue weighted by molar-refractivity contribution is -0.117. The maximum Gasteiger partial charge on any atom is 0.252 e. The zero-order valence-corrected chi connectivity index (χ0v) is 18.6. The normalized spacial score (nSPS) is 24.5. The molecule has 146 valence electrons. The molecular formula is C19H16BrClN2O3S2. The summed E-state index contributed by atoms with van der Waals surface area (Å²) in [6.45, 7) is 0. The summed E-state index contributed by atoms with van der Waals surface area (Å²) in [5, 5.41) is 0.952. The predicted octanol–water partition coefficient (Wildman–Crippen LogP) is 3.95. The van der Waals surface area contributed by atoms with E-state index in [9.17, 15) is 13.2 Å². The van der Waals surface area contributed by atoms with Gasteiger partial charge < -0.3 is 4.90 Å². The van der Waals surface area contributed by atoms with Gasteiger partial charge in [-0.25, -0.2) is 8.42 Å². The van der Waals surface area contributed by atoms with Crippen LogP contribution < -0.4 is 4.90 Å². The maximum absolute atomic E-state index is 12.6. The fraction of sp³-hybridized carbons (Fsp3) is 0.263. The summed E-state index contributed by atoms with van der Waals surface area (Å²) in [6.07, 6.45) is 0.103. The molecular weight excluding hydrogens is 484 g/mol. The van der Waals surface area contributed by atoms with Crippen LogP contribution in [0.2, 0.25) is 5.02 Å². The molecule has 0 spiro atoms. The van der Waals surface area contributed by atoms with E-state index in [1.807, 2.05) is 41.3 Å². The first-order chi connectivity index (χ1) is 13.3. The summed E-state index contributed by atoms with van der Waals surface area (Å²) in [7, 11) is -3.09. The number of anilines is 1. The quantitative estimate of drug-likeness (QED) is 0.640. The van der Waals surface area contributed by atoms with E-state index in [0.717, 1.165) is 15.7 Å². The molecule has 2 atom stereocenters. The number of fused-ring (bicyclic) bond motifs is 1. The topological polar surface area (TPSA) is 66.8 Å². The summed E-state index contributed by atoms with van der Waals surface area (Å²) in [4.78, 5) is 18.8. The van der Waals surface area contributed by atoms with Gasteiger partial charge in [-0.3, -0.25) is 4.79 Å². The molecule has 0 aliphatic carbocycles. The second-order valence-electron chi connectivity index (χ2n) is 6.70. The first-order valence-corrected chi connectivity index (χ1v) is 12.5. The van der Waals surface area contributed by atoms with E-state index in [-0.39, 0.29) is 35.1 Å². The first-order valence-electron chi connectivity index (χ1n) is 8.59. The monoisotopic (exact) mass is 498 g/mol. The third kappa shape index (κ3) is 4.15. The van der Waals surface area contributed by atoms with E-state index in [1.165, 1.54) is 11.8 Å². The molecule has 0 N–H and O–H groups in total. The molecule has 1 amide bonds. The second kappa shape index (κ2) is 7.82. The Morgan fingerprint density at radius 1 is 1.18 bits per heavy atom. The SMILES string of the molecule is O=C(Cc1ccccc1Cl)N=C1S[C@@H]2CS(=O)(=O)C[C@H]2N1c1ccc(Br)cc1. The Balaban J connectivity index is 1.65. The first kappa shape index (κ1) is 19.9. The lowest BCUT2D eigenvalue weighted by Crippen LogP contribution is -2.37. The van der Waals surface area contributed by atoms with Crippen LogP contribution in [0.25, 0.3) is 0 Å². The molecule has 9 heteroatoms. The highest BCUT2D eigenvalue weighted by atomic mass is 79.9. The van der Waals surface area contributed by atoms with E-state index in [2.05, 4.69) is 20.9 Å². The Kier molecular flexibility index (Phi) is 5.57. The standard InChI is InChI=1S/C19H16BrClN2O3S2/c20-13-5-7-14(8-6-13)23-16-10-28(25,26)11-17(16)27-19(23)22-18(24)9-12-3-1-2-4-15(12)21/h1-8,16-17H,9-11H2/t16-,17-/m1/s1. The maximum atomic E-state index is 12.6. The second-order valence-corrected chi connectivity index (χ2v) is 11.4. The van der Waals surface area contributed by atoms with Gasteiger partial charge >= 0.3 is 0 Å². The van der Waals surface area contributed by atoms with Crippen LogP contribution in [0.1, 0.15) is 5.56 Å². The van der Waals surface area contributed by atoms with Crippen molar-refractivity contribution in [2.75, 3.05) is 16.4 Å². The van der Waals surface area contributed by atoms with Crippen molar-refractivity contribution in [3.8, 4) is 0 Å². The minimum Gasteiger partial charge on any atom is -0.316 e. The summed E-state index contributed by atoms with van der Waals surface area (Å²) in [5.74, 6) is -0.133. The number of hydrogen-bond donors (Lipinski definition) is 0. The van der Waals surface area contributed by atoms with Crippen molar-refractivity contribution in [3.05, 3.63) is 63.6 Å². The number of amidine groups is 1. The average molecular weight is 500 g/mol. The van der Waals surface area contributed by atoms with Crippen molar-refractivity contribution in [2.24, 2.45) is 4.99 Å². The number of amides is 1. The Bertz CT molecular complexity index is 1060. The van der Waals surface area contributed by atoms with Crippen molar-refractivity contribution in [1.82, 2.24) is 0 Å². The largest absolute Gasteiger partial charge is 0.316 e. The van der Waals surface area contributed by atoms with E-state index in [4.69, 9.17) is 11.6 Å². The molecule has 2 aromatic rings. The highest BCUT2D eigenvalue weighted by molar-refractivity contribution is 9.10. The molecule has 2 aliphatic heterocycles. The summed E-state index contributed by atoms with van der Waals surface area (Å²) < 4.78 is 25.2. The summed E-state index contributed by atoms with van der Waals surface area (Å²) >= 11 is 10.9. The number of benzene rings is 2. The molecule has 2 aliphatic rings. The van der Waals surface area contributed by atoms with Crippen LogP contribution in [-0.2, 0) is 21.1 Å². The number of rotatable bonds is 3. The van der Waals surface area contributed by atoms with Gasteiger partial charge in [-0.05, 0) is 35.9 Å². The molecule has 4 rings (SSSR count). The Morgan fingerprint density at radius 2 is 1.89 bits per heavy atom. The van der Waals surface area contributed by atoms with Crippen molar-refractivity contribution in [1.29, 1.82) is 0 Å². The lowest BCUT2D eigenvalue weighted by atomic mass is 10.1. The molecule has 28 heavy (non-hydrogen) atoms. The van der Waals surface area contributed by atoms with E-state index >= 15 is 0 Å². The van der Waals surface area contributed by atoms with Gasteiger partial charge in [-0.1, -0.05) is 57.5 Å². The smallest absolute Gasteiger partial charge is 0.252 e. The van der Waals surface area contributed by atoms with Crippen LogP contribution >= 0.6 is 39.3 Å². The molecule has 0 saturated carbocycles. The number of hydrogen-bond acceptors (Lipinski definition) is 4. The highest BCUT2D eigenvalue weighted by Crippen LogP contribution is 2.41. The molecule has 2 heterocycles. The minimum atomic E-state index is -3.09. The average Bonchev–Trinajstić information content (AvgIpc) is 3.09. The summed E-state index contributed by atoms with van der Waals surface area (Å²) in [5.41, 5.74) is 1.55. The number of thioether (sulfide) groups is 1. The van der Waals surface area contributed by atoms with Gasteiger partial charge in [0.15, 0.2) is 15.0 Å². The number of nitrogens with zero attached hydrogens (tertiary/aromatic N) is 2. The number of halogens is 2. The van der Waals surface area contributed by atoms with Crippen LogP contribution in [0.15, 0.2) is 58.0 Å². The number of aliphatic imine (C=N–C) groups is 1. The molecule has 0 aromatic heterocycles. The van der Waals surface area contributed by atoms with Crippen LogP contribution in [-0.4, -0.2) is 42.3 Å². The predicted molar refractivity (Wildman–Crippen MR) is 118 cm³/mol. The van der Waals surface area contributed by atoms with Gasteiger partial charge in [0, 0.05) is 20.4 Å². The molecule has 5 nitrogen and oxygen atoms in total. The number of sulfone groups is 1. The van der Waals surface area contributed by atoms with Crippen LogP contribution in [0.3, 0.4) is 0 Å². The highest BCUT2D eigenvalue weighted by Gasteiger charge is 2.49. The molecule has 2 saturated heterocycles. The van der Waals surface area contributed by atoms with E-state index in [1.54, 1.807) is 12.1 Å². The molecule has 0 radical (unpaired) electrons. The van der Waals surface area contributed by atoms with E-state index in [0.29, 0.717) is 10.2 Å². The fourth-order valence-corrected chi connectivity index (χ4v) is 7.82. The van der Waals surface area contributed by atoms with Gasteiger partial charge in [-0.2, -0.15) is 4.99 Å². The third-order valence-electron chi connectivity index (χ3n) is 4.69. The van der Waals surface area contributed by atoms with Crippen LogP contribution in [0.5, 0.6) is 0 Å². The van der Waals surface area contributed by atoms with Crippen LogP contribution in [0, 0.1) is 0 Å². The molecule has 2 fully saturated rings. The Labute approximate surface area is 181 Å². The van der Waals surface area contributed by atoms with Crippen molar-refractivity contribution in [2.45, 2.75) is 17.7 Å². The summed E-state index contributed by atoms with van der Waals surface area (Å²) in [6, 6.07) is 14.5. The zero-order chi connectivity index (χ0) is 19.9. The van der Waals surface area contributed by atoms with Gasteiger partial charge in [0.2, 0.25) is 0 Å². The molecule has 2 aromatic carbocycles. The van der Waals surface area contributed by atoms with E-state index < -0.39 is 9.84 Å². The van der Waals surface area contributed by atoms with Crippen molar-refractivity contribution in [3.63, 3.8) is 0 Å². The van der Waals surface area contributed by atoms with Crippen molar-refractivity contribution < 1.29 is 13.2 Å². The van der Waals surface area contributed by atoms with Gasteiger partial charge in [-0.15, -0.1) is 0 Å². The van der Waals surface area contributed by atoms with Gasteiger partial charge in [0.05, 0.1) is 24.0 Å². The van der Waals surface area contributed by atoms with Crippen molar-refractivity contribution >= 4 is 65.9 Å². The zero-order valence-electron chi connectivity index (χ0n) is 14.6. The van der Waals surface area contributed by atoms with Gasteiger partial charge in [0.25, 0.3) is 5.91 Å². The molecule has 0 unspecified atom stereocenters.